The molecule has 21 heavy (non-hydrogen) atoms. The van der Waals surface area contributed by atoms with Gasteiger partial charge in [-0.15, -0.1) is 11.3 Å². The van der Waals surface area contributed by atoms with Crippen LogP contribution in [0.3, 0.4) is 0 Å². The molecule has 0 fully saturated rings. The molecule has 0 aliphatic heterocycles. The van der Waals surface area contributed by atoms with E-state index in [1.54, 1.807) is 24.4 Å². The topological polar surface area (TPSA) is 75.6 Å². The summed E-state index contributed by atoms with van der Waals surface area (Å²) in [5.74, 6) is -0.375. The molecule has 9 heteroatoms. The Hall–Kier alpha value is -2.55. The van der Waals surface area contributed by atoms with Gasteiger partial charge in [0, 0.05) is 6.20 Å². The van der Waals surface area contributed by atoms with Crippen molar-refractivity contribution in [1.29, 1.82) is 0 Å². The fourth-order valence-corrected chi connectivity index (χ4v) is 2.58. The van der Waals surface area contributed by atoms with Crippen molar-refractivity contribution in [3.05, 3.63) is 41.7 Å². The first-order valence-electron chi connectivity index (χ1n) is 5.87. The molecule has 3 aromatic rings. The fourth-order valence-electron chi connectivity index (χ4n) is 1.70. The van der Waals surface area contributed by atoms with Crippen LogP contribution in [-0.4, -0.2) is 25.9 Å². The van der Waals surface area contributed by atoms with Gasteiger partial charge in [0.05, 0.1) is 33.5 Å². The van der Waals surface area contributed by atoms with E-state index in [1.165, 1.54) is 17.5 Å². The lowest BCUT2D eigenvalue weighted by Crippen LogP contribution is -2.09. The number of aromatic nitrogens is 4. The zero-order valence-electron chi connectivity index (χ0n) is 10.5. The highest BCUT2D eigenvalue weighted by Gasteiger charge is 2.13. The molecule has 1 amide bonds. The van der Waals surface area contributed by atoms with Crippen LogP contribution in [0.1, 0.15) is 16.2 Å². The van der Waals surface area contributed by atoms with E-state index in [0.29, 0.717) is 9.56 Å². The monoisotopic (exact) mass is 309 g/mol. The molecule has 3 aromatic heterocycles. The van der Waals surface area contributed by atoms with E-state index in [4.69, 9.17) is 0 Å². The van der Waals surface area contributed by atoms with Gasteiger partial charge in [-0.2, -0.15) is 19.0 Å². The Balaban J connectivity index is 1.73. The van der Waals surface area contributed by atoms with Gasteiger partial charge in [-0.05, 0) is 18.2 Å². The van der Waals surface area contributed by atoms with Crippen molar-refractivity contribution >= 4 is 22.9 Å². The minimum atomic E-state index is -2.73. The smallest absolute Gasteiger partial charge is 0.319 e. The molecular weight excluding hydrogens is 300 g/mol. The van der Waals surface area contributed by atoms with E-state index in [9.17, 15) is 13.6 Å². The third-order valence-corrected chi connectivity index (χ3v) is 3.77. The normalized spacial score (nSPS) is 11.0. The number of aromatic amines is 1. The number of H-pyrrole nitrogens is 1. The van der Waals surface area contributed by atoms with E-state index < -0.39 is 6.55 Å². The number of hydrogen-bond donors (Lipinski definition) is 2. The van der Waals surface area contributed by atoms with Gasteiger partial charge in [-0.1, -0.05) is 0 Å². The second-order valence-corrected chi connectivity index (χ2v) is 5.16. The van der Waals surface area contributed by atoms with E-state index in [-0.39, 0.29) is 11.6 Å². The Bertz CT molecular complexity index is 749. The Morgan fingerprint density at radius 3 is 2.90 bits per heavy atom. The number of halogens is 2. The number of nitrogens with zero attached hydrogens (tertiary/aromatic N) is 3. The van der Waals surface area contributed by atoms with Crippen LogP contribution in [0.5, 0.6) is 0 Å². The summed E-state index contributed by atoms with van der Waals surface area (Å²) in [4.78, 5) is 13.3. The zero-order chi connectivity index (χ0) is 14.8. The van der Waals surface area contributed by atoms with E-state index >= 15 is 0 Å². The Kier molecular flexibility index (Phi) is 3.48. The van der Waals surface area contributed by atoms with Crippen LogP contribution in [0.25, 0.3) is 10.6 Å². The molecule has 0 saturated carbocycles. The van der Waals surface area contributed by atoms with Crippen molar-refractivity contribution < 1.29 is 13.6 Å². The first-order valence-corrected chi connectivity index (χ1v) is 6.68. The second kappa shape index (κ2) is 5.44. The highest BCUT2D eigenvalue weighted by molar-refractivity contribution is 7.17. The summed E-state index contributed by atoms with van der Waals surface area (Å²) < 4.78 is 25.2. The molecule has 0 radical (unpaired) electrons. The summed E-state index contributed by atoms with van der Waals surface area (Å²) in [5.41, 5.74) is 1.03. The molecule has 0 aliphatic carbocycles. The van der Waals surface area contributed by atoms with Crippen molar-refractivity contribution in [2.45, 2.75) is 6.55 Å². The molecule has 2 N–H and O–H groups in total. The lowest BCUT2D eigenvalue weighted by molar-refractivity contribution is 0.0566. The number of rotatable bonds is 4. The highest BCUT2D eigenvalue weighted by Crippen LogP contribution is 2.26. The van der Waals surface area contributed by atoms with Crippen LogP contribution in [-0.2, 0) is 0 Å². The second-order valence-electron chi connectivity index (χ2n) is 4.08. The number of nitrogens with one attached hydrogen (secondary N) is 2. The summed E-state index contributed by atoms with van der Waals surface area (Å²) in [6.07, 6.45) is 3.87. The first-order chi connectivity index (χ1) is 10.1. The van der Waals surface area contributed by atoms with Crippen LogP contribution < -0.4 is 5.32 Å². The van der Waals surface area contributed by atoms with Crippen LogP contribution >= 0.6 is 11.3 Å². The number of carbonyl (C=O) groups excluding carboxylic acids is 1. The maximum absolute atomic E-state index is 12.4. The zero-order valence-corrected chi connectivity index (χ0v) is 11.3. The van der Waals surface area contributed by atoms with Gasteiger partial charge in [-0.25, -0.2) is 4.68 Å². The third-order valence-electron chi connectivity index (χ3n) is 2.66. The van der Waals surface area contributed by atoms with Gasteiger partial charge in [0.1, 0.15) is 0 Å². The summed E-state index contributed by atoms with van der Waals surface area (Å²) in [7, 11) is 0. The molecule has 108 valence electrons. The largest absolute Gasteiger partial charge is 0.333 e. The van der Waals surface area contributed by atoms with E-state index in [1.807, 2.05) is 0 Å². The quantitative estimate of drug-likeness (QED) is 0.778. The lowest BCUT2D eigenvalue weighted by atomic mass is 10.3. The van der Waals surface area contributed by atoms with Gasteiger partial charge < -0.3 is 5.32 Å². The third kappa shape index (κ3) is 2.82. The predicted molar refractivity (Wildman–Crippen MR) is 73.3 cm³/mol. The van der Waals surface area contributed by atoms with Crippen molar-refractivity contribution in [3.63, 3.8) is 0 Å². The predicted octanol–water partition coefficient (Wildman–Crippen LogP) is 2.98. The van der Waals surface area contributed by atoms with Crippen molar-refractivity contribution in [3.8, 4) is 10.6 Å². The molecule has 0 bridgehead atoms. The number of alkyl halides is 2. The van der Waals surface area contributed by atoms with E-state index in [0.717, 1.165) is 16.8 Å². The molecule has 6 nitrogen and oxygen atoms in total. The summed E-state index contributed by atoms with van der Waals surface area (Å²) in [5, 5.41) is 12.6. The number of carbonyl (C=O) groups is 1. The molecule has 0 unspecified atom stereocenters. The fraction of sp³-hybridized carbons (Fsp3) is 0.0833. The van der Waals surface area contributed by atoms with Gasteiger partial charge >= 0.3 is 6.55 Å². The van der Waals surface area contributed by atoms with Gasteiger partial charge in [0.15, 0.2) is 0 Å². The molecule has 0 aromatic carbocycles. The van der Waals surface area contributed by atoms with Crippen molar-refractivity contribution in [1.82, 2.24) is 20.0 Å². The number of thiophene rings is 1. The average Bonchev–Trinajstić information content (AvgIpc) is 3.19. The Morgan fingerprint density at radius 2 is 2.24 bits per heavy atom. The summed E-state index contributed by atoms with van der Waals surface area (Å²) in [6.45, 7) is -2.73. The lowest BCUT2D eigenvalue weighted by Gasteiger charge is -1.99. The molecule has 0 spiro atoms. The number of hydrogen-bond acceptors (Lipinski definition) is 4. The Morgan fingerprint density at radius 1 is 1.38 bits per heavy atom. The molecule has 3 rings (SSSR count). The van der Waals surface area contributed by atoms with Crippen molar-refractivity contribution in [2.24, 2.45) is 0 Å². The van der Waals surface area contributed by atoms with Crippen LogP contribution in [0.4, 0.5) is 14.5 Å². The summed E-state index contributed by atoms with van der Waals surface area (Å²) >= 11 is 1.27. The maximum Gasteiger partial charge on any atom is 0.333 e. The van der Waals surface area contributed by atoms with Crippen LogP contribution in [0.2, 0.25) is 0 Å². The Labute approximate surface area is 121 Å². The number of anilines is 1. The molecule has 0 atom stereocenters. The minimum absolute atomic E-state index is 0.219. The SMILES string of the molecule is O=C(Nc1cnn(C(F)F)c1)c1ccc(-c2ccn[nH]2)s1. The highest BCUT2D eigenvalue weighted by atomic mass is 32.1. The number of amides is 1. The molecule has 0 saturated heterocycles. The molecular formula is C12H9F2N5OS. The van der Waals surface area contributed by atoms with Crippen LogP contribution in [0, 0.1) is 0 Å². The molecule has 3 heterocycles. The van der Waals surface area contributed by atoms with Crippen molar-refractivity contribution in [2.75, 3.05) is 5.32 Å². The minimum Gasteiger partial charge on any atom is -0.319 e. The molecule has 0 aliphatic rings. The first kappa shape index (κ1) is 13.4. The average molecular weight is 309 g/mol. The van der Waals surface area contributed by atoms with Crippen LogP contribution in [0.15, 0.2) is 36.8 Å². The standard InChI is InChI=1S/C12H9F2N5OS/c13-12(14)19-6-7(5-16-19)17-11(20)10-2-1-9(21-10)8-3-4-15-18-8/h1-6,12H,(H,15,18)(H,17,20). The van der Waals surface area contributed by atoms with E-state index in [2.05, 4.69) is 20.6 Å². The van der Waals surface area contributed by atoms with Gasteiger partial charge in [0.2, 0.25) is 0 Å². The van der Waals surface area contributed by atoms with Gasteiger partial charge in [-0.3, -0.25) is 9.89 Å². The van der Waals surface area contributed by atoms with Gasteiger partial charge in [0.25, 0.3) is 5.91 Å². The maximum atomic E-state index is 12.4. The summed E-state index contributed by atoms with van der Waals surface area (Å²) in [6, 6.07) is 5.24.